The molecule has 7 heteroatoms. The van der Waals surface area contributed by atoms with Gasteiger partial charge in [0.25, 0.3) is 0 Å². The van der Waals surface area contributed by atoms with Crippen molar-refractivity contribution in [2.45, 2.75) is 64.1 Å². The van der Waals surface area contributed by atoms with Gasteiger partial charge in [0.05, 0.1) is 5.75 Å². The number of nitrogens with zero attached hydrogens (tertiary/aromatic N) is 3. The second-order valence-corrected chi connectivity index (χ2v) is 8.52. The molecule has 1 aromatic rings. The monoisotopic (exact) mass is 341 g/mol. The molecule has 1 atom stereocenters. The fourth-order valence-corrected chi connectivity index (χ4v) is 2.97. The van der Waals surface area contributed by atoms with E-state index in [1.165, 1.54) is 0 Å². The van der Waals surface area contributed by atoms with Gasteiger partial charge in [0.2, 0.25) is 5.89 Å². The number of likely N-dealkylation sites (tertiary alicyclic amines) is 1. The van der Waals surface area contributed by atoms with E-state index in [0.717, 1.165) is 24.4 Å². The van der Waals surface area contributed by atoms with Gasteiger partial charge in [0.1, 0.15) is 5.60 Å². The Morgan fingerprint density at radius 2 is 2.17 bits per heavy atom. The van der Waals surface area contributed by atoms with Crippen LogP contribution in [-0.4, -0.2) is 45.1 Å². The number of thioether (sulfide) groups is 1. The molecule has 2 rings (SSSR count). The number of amides is 1. The number of rotatable bonds is 6. The van der Waals surface area contributed by atoms with Crippen LogP contribution in [0.15, 0.2) is 4.52 Å². The van der Waals surface area contributed by atoms with Crippen molar-refractivity contribution in [3.05, 3.63) is 11.7 Å². The van der Waals surface area contributed by atoms with E-state index in [0.29, 0.717) is 30.1 Å². The lowest BCUT2D eigenvalue weighted by atomic mass is 9.97. The average molecular weight is 341 g/mol. The number of aromatic nitrogens is 2. The third-order valence-electron chi connectivity index (χ3n) is 3.65. The van der Waals surface area contributed by atoms with Crippen molar-refractivity contribution in [1.29, 1.82) is 0 Å². The minimum atomic E-state index is -0.448. The maximum atomic E-state index is 11.9. The lowest BCUT2D eigenvalue weighted by Crippen LogP contribution is -2.52. The highest BCUT2D eigenvalue weighted by Gasteiger charge is 2.34. The summed E-state index contributed by atoms with van der Waals surface area (Å²) < 4.78 is 10.6. The van der Waals surface area contributed by atoms with Crippen LogP contribution in [0.1, 0.15) is 52.8 Å². The zero-order valence-corrected chi connectivity index (χ0v) is 15.5. The summed E-state index contributed by atoms with van der Waals surface area (Å²) in [6.45, 7) is 11.4. The molecule has 0 aromatic carbocycles. The van der Waals surface area contributed by atoms with Gasteiger partial charge in [0, 0.05) is 30.7 Å². The van der Waals surface area contributed by atoms with Crippen molar-refractivity contribution in [2.24, 2.45) is 5.92 Å². The van der Waals surface area contributed by atoms with Crippen LogP contribution in [0.25, 0.3) is 0 Å². The summed E-state index contributed by atoms with van der Waals surface area (Å²) in [6, 6.07) is 0. The molecule has 0 aliphatic carbocycles. The van der Waals surface area contributed by atoms with Gasteiger partial charge in [-0.3, -0.25) is 0 Å². The molecule has 0 bridgehead atoms. The first-order valence-electron chi connectivity index (χ1n) is 8.17. The van der Waals surface area contributed by atoms with Crippen LogP contribution in [0, 0.1) is 5.92 Å². The molecule has 0 radical (unpaired) electrons. The summed E-state index contributed by atoms with van der Waals surface area (Å²) in [5.74, 6) is 2.58. The Morgan fingerprint density at radius 3 is 2.78 bits per heavy atom. The highest BCUT2D eigenvalue weighted by molar-refractivity contribution is 7.99. The molecule has 23 heavy (non-hydrogen) atoms. The lowest BCUT2D eigenvalue weighted by Gasteiger charge is -2.39. The average Bonchev–Trinajstić information content (AvgIpc) is 2.85. The van der Waals surface area contributed by atoms with Crippen LogP contribution >= 0.6 is 11.8 Å². The number of hydrogen-bond acceptors (Lipinski definition) is 6. The Hall–Kier alpha value is -1.24. The molecule has 1 fully saturated rings. The molecule has 6 nitrogen and oxygen atoms in total. The summed E-state index contributed by atoms with van der Waals surface area (Å²) >= 11 is 1.84. The number of carbonyl (C=O) groups is 1. The van der Waals surface area contributed by atoms with Gasteiger partial charge in [0.15, 0.2) is 5.82 Å². The van der Waals surface area contributed by atoms with Crippen LogP contribution in [0.3, 0.4) is 0 Å². The molecule has 1 amide bonds. The molecular weight excluding hydrogens is 314 g/mol. The maximum Gasteiger partial charge on any atom is 0.410 e. The number of carbonyl (C=O) groups excluding carboxylic acids is 1. The van der Waals surface area contributed by atoms with Crippen molar-refractivity contribution in [2.75, 3.05) is 13.1 Å². The van der Waals surface area contributed by atoms with Crippen molar-refractivity contribution < 1.29 is 14.1 Å². The van der Waals surface area contributed by atoms with Gasteiger partial charge in [-0.15, -0.1) is 0 Å². The van der Waals surface area contributed by atoms with E-state index >= 15 is 0 Å². The minimum absolute atomic E-state index is 0.245. The standard InChI is InChI=1S/C16H27N3O3S/c1-6-11(2)23-10-13-17-14(22-18-13)7-12-8-19(9-12)15(20)21-16(3,4)5/h11-12H,6-10H2,1-5H3. The molecular formula is C16H27N3O3S. The number of ether oxygens (including phenoxy) is 1. The Bertz CT molecular complexity index is 521. The maximum absolute atomic E-state index is 11.9. The van der Waals surface area contributed by atoms with E-state index in [-0.39, 0.29) is 6.09 Å². The van der Waals surface area contributed by atoms with Crippen LogP contribution in [-0.2, 0) is 16.9 Å². The topological polar surface area (TPSA) is 68.5 Å². The van der Waals surface area contributed by atoms with Gasteiger partial charge in [-0.1, -0.05) is 19.0 Å². The lowest BCUT2D eigenvalue weighted by molar-refractivity contribution is -0.00186. The number of hydrogen-bond donors (Lipinski definition) is 0. The first-order valence-corrected chi connectivity index (χ1v) is 9.22. The Kier molecular flexibility index (Phi) is 5.95. The summed E-state index contributed by atoms with van der Waals surface area (Å²) in [5.41, 5.74) is -0.448. The van der Waals surface area contributed by atoms with Gasteiger partial charge in [-0.25, -0.2) is 4.79 Å². The van der Waals surface area contributed by atoms with Crippen LogP contribution in [0.2, 0.25) is 0 Å². The molecule has 0 spiro atoms. The van der Waals surface area contributed by atoms with Crippen molar-refractivity contribution in [1.82, 2.24) is 15.0 Å². The van der Waals surface area contributed by atoms with E-state index in [9.17, 15) is 4.79 Å². The molecule has 1 aliphatic rings. The van der Waals surface area contributed by atoms with Crippen LogP contribution in [0.5, 0.6) is 0 Å². The summed E-state index contributed by atoms with van der Waals surface area (Å²) in [7, 11) is 0. The van der Waals surface area contributed by atoms with Gasteiger partial charge >= 0.3 is 6.09 Å². The second kappa shape index (κ2) is 7.55. The van der Waals surface area contributed by atoms with Gasteiger partial charge in [-0.2, -0.15) is 16.7 Å². The largest absolute Gasteiger partial charge is 0.444 e. The van der Waals surface area contributed by atoms with E-state index in [4.69, 9.17) is 9.26 Å². The van der Waals surface area contributed by atoms with Crippen LogP contribution in [0.4, 0.5) is 4.79 Å². The zero-order chi connectivity index (χ0) is 17.0. The molecule has 1 aromatic heterocycles. The summed E-state index contributed by atoms with van der Waals surface area (Å²) in [4.78, 5) is 18.0. The highest BCUT2D eigenvalue weighted by atomic mass is 32.2. The van der Waals surface area contributed by atoms with Gasteiger partial charge < -0.3 is 14.2 Å². The molecule has 1 saturated heterocycles. The predicted octanol–water partition coefficient (Wildman–Crippen LogP) is 3.51. The molecule has 2 heterocycles. The molecule has 0 N–H and O–H groups in total. The Balaban J connectivity index is 1.71. The van der Waals surface area contributed by atoms with Crippen molar-refractivity contribution in [3.63, 3.8) is 0 Å². The van der Waals surface area contributed by atoms with E-state index < -0.39 is 5.60 Å². The quantitative estimate of drug-likeness (QED) is 0.789. The Labute approximate surface area is 142 Å². The Morgan fingerprint density at radius 1 is 1.48 bits per heavy atom. The molecule has 1 unspecified atom stereocenters. The summed E-state index contributed by atoms with van der Waals surface area (Å²) in [5, 5.41) is 4.63. The fourth-order valence-electron chi connectivity index (χ4n) is 2.19. The SMILES string of the molecule is CCC(C)SCc1noc(CC2CN(C(=O)OC(C)(C)C)C2)n1. The zero-order valence-electron chi connectivity index (χ0n) is 14.7. The highest BCUT2D eigenvalue weighted by Crippen LogP contribution is 2.23. The van der Waals surface area contributed by atoms with E-state index in [1.807, 2.05) is 32.5 Å². The smallest absolute Gasteiger partial charge is 0.410 e. The third-order valence-corrected chi connectivity index (χ3v) is 4.98. The second-order valence-electron chi connectivity index (χ2n) is 7.09. The molecule has 0 saturated carbocycles. The van der Waals surface area contributed by atoms with Crippen LogP contribution < -0.4 is 0 Å². The first kappa shape index (κ1) is 18.1. The molecule has 1 aliphatic heterocycles. The molecule has 130 valence electrons. The van der Waals surface area contributed by atoms with Gasteiger partial charge in [-0.05, 0) is 27.2 Å². The normalized spacial score (nSPS) is 17.0. The fraction of sp³-hybridized carbons (Fsp3) is 0.812. The van der Waals surface area contributed by atoms with E-state index in [1.54, 1.807) is 4.90 Å². The predicted molar refractivity (Wildman–Crippen MR) is 90.3 cm³/mol. The van der Waals surface area contributed by atoms with Crippen molar-refractivity contribution >= 4 is 17.9 Å². The minimum Gasteiger partial charge on any atom is -0.444 e. The first-order chi connectivity index (χ1) is 10.8. The van der Waals surface area contributed by atoms with E-state index in [2.05, 4.69) is 24.0 Å². The van der Waals surface area contributed by atoms with Crippen molar-refractivity contribution in [3.8, 4) is 0 Å². The third kappa shape index (κ3) is 5.71. The summed E-state index contributed by atoms with van der Waals surface area (Å²) in [6.07, 6.45) is 1.61.